The molecular formula is C21H39IN4O. The predicted octanol–water partition coefficient (Wildman–Crippen LogP) is 3.24. The number of hydrogen-bond donors (Lipinski definition) is 2. The van der Waals surface area contributed by atoms with Crippen molar-refractivity contribution in [1.29, 1.82) is 0 Å². The van der Waals surface area contributed by atoms with E-state index < -0.39 is 0 Å². The van der Waals surface area contributed by atoms with Crippen molar-refractivity contribution in [1.82, 2.24) is 15.5 Å². The van der Waals surface area contributed by atoms with Gasteiger partial charge in [0, 0.05) is 37.1 Å². The summed E-state index contributed by atoms with van der Waals surface area (Å²) in [5, 5.41) is 7.28. The van der Waals surface area contributed by atoms with E-state index >= 15 is 0 Å². The fourth-order valence-electron chi connectivity index (χ4n) is 5.69. The first kappa shape index (κ1) is 21.6. The number of hydrogen-bond acceptors (Lipinski definition) is 3. The minimum absolute atomic E-state index is 0. The monoisotopic (exact) mass is 490 g/mol. The number of nitrogens with one attached hydrogen (secondary N) is 2. The van der Waals surface area contributed by atoms with Crippen molar-refractivity contribution in [2.24, 2.45) is 22.2 Å². The van der Waals surface area contributed by atoms with Crippen LogP contribution in [0.15, 0.2) is 4.99 Å². The molecule has 4 aliphatic rings. The van der Waals surface area contributed by atoms with Gasteiger partial charge in [-0.2, -0.15) is 0 Å². The molecule has 4 fully saturated rings. The van der Waals surface area contributed by atoms with E-state index in [1.165, 1.54) is 58.2 Å². The van der Waals surface area contributed by atoms with Crippen molar-refractivity contribution in [2.75, 3.05) is 39.3 Å². The van der Waals surface area contributed by atoms with Gasteiger partial charge in [-0.05, 0) is 71.0 Å². The van der Waals surface area contributed by atoms with Gasteiger partial charge in [0.25, 0.3) is 0 Å². The second kappa shape index (κ2) is 9.61. The van der Waals surface area contributed by atoms with Crippen LogP contribution in [0.3, 0.4) is 0 Å². The molecule has 0 amide bonds. The van der Waals surface area contributed by atoms with Crippen LogP contribution in [0.1, 0.15) is 58.8 Å². The van der Waals surface area contributed by atoms with Crippen LogP contribution in [-0.4, -0.2) is 62.3 Å². The molecule has 1 spiro atoms. The summed E-state index contributed by atoms with van der Waals surface area (Å²) in [4.78, 5) is 7.52. The zero-order valence-corrected chi connectivity index (χ0v) is 19.5. The maximum absolute atomic E-state index is 6.05. The van der Waals surface area contributed by atoms with Crippen molar-refractivity contribution < 1.29 is 4.74 Å². The Hall–Kier alpha value is -0.0800. The number of piperidine rings is 1. The lowest BCUT2D eigenvalue weighted by Crippen LogP contribution is -2.72. The molecule has 0 aromatic carbocycles. The lowest BCUT2D eigenvalue weighted by Gasteiger charge is -2.63. The van der Waals surface area contributed by atoms with Crippen LogP contribution in [-0.2, 0) is 4.74 Å². The zero-order chi connectivity index (χ0) is 18.0. The van der Waals surface area contributed by atoms with Crippen LogP contribution in [0.4, 0.5) is 0 Å². The van der Waals surface area contributed by atoms with Crippen LogP contribution in [0.2, 0.25) is 0 Å². The summed E-state index contributed by atoms with van der Waals surface area (Å²) in [7, 11) is 0. The molecular weight excluding hydrogens is 451 g/mol. The Morgan fingerprint density at radius 1 is 1.22 bits per heavy atom. The normalized spacial score (nSPS) is 33.0. The predicted molar refractivity (Wildman–Crippen MR) is 122 cm³/mol. The number of rotatable bonds is 6. The third-order valence-electron chi connectivity index (χ3n) is 7.45. The lowest BCUT2D eigenvalue weighted by molar-refractivity contribution is -0.171. The van der Waals surface area contributed by atoms with E-state index in [4.69, 9.17) is 9.73 Å². The van der Waals surface area contributed by atoms with Gasteiger partial charge in [0.2, 0.25) is 0 Å². The van der Waals surface area contributed by atoms with Gasteiger partial charge >= 0.3 is 0 Å². The Labute approximate surface area is 182 Å². The first-order chi connectivity index (χ1) is 12.7. The molecule has 0 radical (unpaired) electrons. The summed E-state index contributed by atoms with van der Waals surface area (Å²) in [6, 6.07) is 0.574. The molecule has 3 atom stereocenters. The van der Waals surface area contributed by atoms with Gasteiger partial charge in [-0.1, -0.05) is 13.3 Å². The largest absolute Gasteiger partial charge is 0.377 e. The van der Waals surface area contributed by atoms with E-state index in [0.29, 0.717) is 23.5 Å². The van der Waals surface area contributed by atoms with Crippen molar-refractivity contribution in [3.05, 3.63) is 0 Å². The van der Waals surface area contributed by atoms with Crippen molar-refractivity contribution in [2.45, 2.75) is 70.9 Å². The molecule has 2 heterocycles. The van der Waals surface area contributed by atoms with Gasteiger partial charge in [0.1, 0.15) is 0 Å². The van der Waals surface area contributed by atoms with Crippen molar-refractivity contribution >= 4 is 29.9 Å². The summed E-state index contributed by atoms with van der Waals surface area (Å²) in [6.45, 7) is 11.1. The highest BCUT2D eigenvalue weighted by Crippen LogP contribution is 2.62. The number of likely N-dealkylation sites (tertiary alicyclic amines) is 1. The Morgan fingerprint density at radius 3 is 2.67 bits per heavy atom. The van der Waals surface area contributed by atoms with Crippen LogP contribution >= 0.6 is 24.0 Å². The van der Waals surface area contributed by atoms with E-state index in [-0.39, 0.29) is 24.0 Å². The topological polar surface area (TPSA) is 48.9 Å². The third kappa shape index (κ3) is 4.42. The summed E-state index contributed by atoms with van der Waals surface area (Å²) in [5.74, 6) is 2.65. The van der Waals surface area contributed by atoms with Crippen molar-refractivity contribution in [3.63, 3.8) is 0 Å². The highest BCUT2D eigenvalue weighted by atomic mass is 127. The first-order valence-electron chi connectivity index (χ1n) is 11.1. The minimum Gasteiger partial charge on any atom is -0.377 e. The maximum Gasteiger partial charge on any atom is 0.191 e. The zero-order valence-electron chi connectivity index (χ0n) is 17.2. The number of aliphatic imine (C=N–C) groups is 1. The van der Waals surface area contributed by atoms with E-state index in [9.17, 15) is 0 Å². The Balaban J connectivity index is 0.00000210. The van der Waals surface area contributed by atoms with Gasteiger partial charge in [0.05, 0.1) is 6.10 Å². The standard InChI is InChI=1S/C21H38N4O.HI/c1-3-22-20(23-11-5-12-25-13-6-16(2)7-14-25)24-18-17-8-15-26-19(17)21(18)9-4-10-21;/h16-19H,3-15H2,1-2H3,(H2,22,23,24);1H. The lowest BCUT2D eigenvalue weighted by atomic mass is 9.46. The van der Waals surface area contributed by atoms with E-state index in [0.717, 1.165) is 38.0 Å². The molecule has 3 unspecified atom stereocenters. The number of halogens is 1. The number of guanidine groups is 1. The molecule has 0 aromatic heterocycles. The number of ether oxygens (including phenoxy) is 1. The Morgan fingerprint density at radius 2 is 2.00 bits per heavy atom. The molecule has 5 nitrogen and oxygen atoms in total. The Bertz CT molecular complexity index is 502. The SMILES string of the molecule is CCNC(=NCCCN1CCC(C)CC1)NC1C2CCOC2C12CCC2.I. The molecule has 2 saturated carbocycles. The van der Waals surface area contributed by atoms with Gasteiger partial charge in [0.15, 0.2) is 5.96 Å². The second-order valence-corrected chi connectivity index (χ2v) is 9.09. The number of fused-ring (bicyclic) bond motifs is 2. The third-order valence-corrected chi connectivity index (χ3v) is 7.45. The Kier molecular flexibility index (Phi) is 7.70. The quantitative estimate of drug-likeness (QED) is 0.260. The molecule has 4 rings (SSSR count). The molecule has 27 heavy (non-hydrogen) atoms. The molecule has 0 bridgehead atoms. The summed E-state index contributed by atoms with van der Waals surface area (Å²) < 4.78 is 6.05. The minimum atomic E-state index is 0. The van der Waals surface area contributed by atoms with Crippen LogP contribution in [0.25, 0.3) is 0 Å². The molecule has 2 N–H and O–H groups in total. The highest BCUT2D eigenvalue weighted by molar-refractivity contribution is 14.0. The van der Waals surface area contributed by atoms with E-state index in [1.807, 2.05) is 0 Å². The van der Waals surface area contributed by atoms with E-state index in [1.54, 1.807) is 0 Å². The molecule has 2 aliphatic heterocycles. The average Bonchev–Trinajstić information content (AvgIpc) is 3.01. The van der Waals surface area contributed by atoms with Gasteiger partial charge in [-0.15, -0.1) is 24.0 Å². The van der Waals surface area contributed by atoms with Crippen LogP contribution in [0.5, 0.6) is 0 Å². The molecule has 0 aromatic rings. The highest BCUT2D eigenvalue weighted by Gasteiger charge is 2.66. The summed E-state index contributed by atoms with van der Waals surface area (Å²) in [5.41, 5.74) is 0.419. The summed E-state index contributed by atoms with van der Waals surface area (Å²) >= 11 is 0. The van der Waals surface area contributed by atoms with Gasteiger partial charge < -0.3 is 20.3 Å². The molecule has 2 aliphatic carbocycles. The first-order valence-corrected chi connectivity index (χ1v) is 11.1. The maximum atomic E-state index is 6.05. The summed E-state index contributed by atoms with van der Waals surface area (Å²) in [6.07, 6.45) is 9.67. The smallest absolute Gasteiger partial charge is 0.191 e. The number of nitrogens with zero attached hydrogens (tertiary/aromatic N) is 2. The second-order valence-electron chi connectivity index (χ2n) is 9.09. The molecule has 156 valence electrons. The van der Waals surface area contributed by atoms with Crippen molar-refractivity contribution in [3.8, 4) is 0 Å². The van der Waals surface area contributed by atoms with Gasteiger partial charge in [-0.3, -0.25) is 4.99 Å². The molecule has 2 saturated heterocycles. The fourth-order valence-corrected chi connectivity index (χ4v) is 5.69. The van der Waals surface area contributed by atoms with Crippen LogP contribution < -0.4 is 10.6 Å². The average molecular weight is 490 g/mol. The van der Waals surface area contributed by atoms with Crippen LogP contribution in [0, 0.1) is 17.3 Å². The van der Waals surface area contributed by atoms with Gasteiger partial charge in [-0.25, -0.2) is 0 Å². The fraction of sp³-hybridized carbons (Fsp3) is 0.952. The molecule has 6 heteroatoms. The van der Waals surface area contributed by atoms with E-state index in [2.05, 4.69) is 29.4 Å².